The Morgan fingerprint density at radius 2 is 0.630 bits per heavy atom. The molecule has 0 saturated carbocycles. The van der Waals surface area contributed by atoms with E-state index in [4.69, 9.17) is 14.2 Å². The zero-order chi connectivity index (χ0) is 21.2. The molecule has 3 nitrogen and oxygen atoms in total. The van der Waals surface area contributed by atoms with Gasteiger partial charge in [0.25, 0.3) is 0 Å². The molecule has 0 unspecified atom stereocenters. The monoisotopic (exact) mass is 378 g/mol. The fraction of sp³-hybridized carbons (Fsp3) is 0.750. The highest BCUT2D eigenvalue weighted by Crippen LogP contribution is 2.55. The van der Waals surface area contributed by atoms with Crippen LogP contribution < -0.4 is 14.2 Å². The zero-order valence-corrected chi connectivity index (χ0v) is 19.8. The Balaban J connectivity index is 4.31. The van der Waals surface area contributed by atoms with Crippen LogP contribution in [0.3, 0.4) is 0 Å². The van der Waals surface area contributed by atoms with Crippen molar-refractivity contribution in [2.45, 2.75) is 99.3 Å². The molecule has 0 aliphatic heterocycles. The molecule has 0 saturated heterocycles. The summed E-state index contributed by atoms with van der Waals surface area (Å²) in [5.41, 5.74) is 3.05. The Morgan fingerprint density at radius 1 is 0.444 bits per heavy atom. The van der Waals surface area contributed by atoms with Crippen LogP contribution >= 0.6 is 0 Å². The predicted molar refractivity (Wildman–Crippen MR) is 116 cm³/mol. The van der Waals surface area contributed by atoms with Crippen LogP contribution in [0.5, 0.6) is 17.2 Å². The van der Waals surface area contributed by atoms with Crippen molar-refractivity contribution in [2.75, 3.05) is 19.8 Å². The van der Waals surface area contributed by atoms with Gasteiger partial charge in [0.05, 0.1) is 19.8 Å². The van der Waals surface area contributed by atoms with E-state index >= 15 is 0 Å². The third-order valence-electron chi connectivity index (χ3n) is 4.48. The Hall–Kier alpha value is -1.38. The van der Waals surface area contributed by atoms with Crippen molar-refractivity contribution in [1.29, 1.82) is 0 Å². The molecule has 1 aromatic rings. The van der Waals surface area contributed by atoms with E-state index < -0.39 is 0 Å². The van der Waals surface area contributed by atoms with E-state index in [1.54, 1.807) is 0 Å². The molecule has 0 radical (unpaired) electrons. The maximum Gasteiger partial charge on any atom is 0.134 e. The van der Waals surface area contributed by atoms with Crippen LogP contribution in [0.2, 0.25) is 0 Å². The summed E-state index contributed by atoms with van der Waals surface area (Å²) in [6.07, 6.45) is 0. The molecule has 1 rings (SSSR count). The summed E-state index contributed by atoms with van der Waals surface area (Å²) in [5, 5.41) is 0. The molecule has 3 heteroatoms. The Kier molecular flexibility index (Phi) is 7.29. The first kappa shape index (κ1) is 23.7. The smallest absolute Gasteiger partial charge is 0.134 e. The highest BCUT2D eigenvalue weighted by atomic mass is 16.5. The molecule has 0 atom stereocenters. The van der Waals surface area contributed by atoms with Gasteiger partial charge in [-0.2, -0.15) is 0 Å². The molecule has 0 aliphatic carbocycles. The van der Waals surface area contributed by atoms with E-state index in [0.29, 0.717) is 19.8 Å². The van der Waals surface area contributed by atoms with Gasteiger partial charge in [-0.3, -0.25) is 0 Å². The van der Waals surface area contributed by atoms with Crippen LogP contribution in [0.4, 0.5) is 0 Å². The van der Waals surface area contributed by atoms with Crippen molar-refractivity contribution in [3.8, 4) is 17.2 Å². The van der Waals surface area contributed by atoms with E-state index in [9.17, 15) is 0 Å². The number of hydrogen-bond donors (Lipinski definition) is 0. The van der Waals surface area contributed by atoms with E-state index in [1.165, 1.54) is 0 Å². The molecule has 1 aromatic carbocycles. The van der Waals surface area contributed by atoms with Gasteiger partial charge in [-0.05, 0) is 37.0 Å². The number of ether oxygens (including phenoxy) is 3. The average molecular weight is 379 g/mol. The normalized spacial score (nSPS) is 12.9. The third-order valence-corrected chi connectivity index (χ3v) is 4.48. The zero-order valence-electron chi connectivity index (χ0n) is 19.8. The lowest BCUT2D eigenvalue weighted by molar-refractivity contribution is 0.271. The summed E-state index contributed by atoms with van der Waals surface area (Å²) in [5.74, 6) is 2.78. The maximum atomic E-state index is 6.30. The van der Waals surface area contributed by atoms with Crippen molar-refractivity contribution < 1.29 is 14.2 Å². The van der Waals surface area contributed by atoms with Gasteiger partial charge in [0.1, 0.15) is 17.2 Å². The summed E-state index contributed by atoms with van der Waals surface area (Å²) >= 11 is 0. The van der Waals surface area contributed by atoms with Crippen molar-refractivity contribution in [2.24, 2.45) is 0 Å². The number of benzene rings is 1. The molecule has 27 heavy (non-hydrogen) atoms. The Morgan fingerprint density at radius 3 is 0.741 bits per heavy atom. The van der Waals surface area contributed by atoms with Crippen LogP contribution in [-0.4, -0.2) is 19.8 Å². The van der Waals surface area contributed by atoms with Crippen LogP contribution in [-0.2, 0) is 16.2 Å². The van der Waals surface area contributed by atoms with Gasteiger partial charge in [-0.25, -0.2) is 0 Å². The van der Waals surface area contributed by atoms with Gasteiger partial charge in [0, 0.05) is 16.7 Å². The van der Waals surface area contributed by atoms with Gasteiger partial charge in [0.2, 0.25) is 0 Å². The topological polar surface area (TPSA) is 27.7 Å². The third kappa shape index (κ3) is 5.12. The first-order valence-corrected chi connectivity index (χ1v) is 10.3. The molecule has 0 amide bonds. The van der Waals surface area contributed by atoms with Crippen LogP contribution in [0.1, 0.15) is 99.8 Å². The molecule has 0 fully saturated rings. The fourth-order valence-corrected chi connectivity index (χ4v) is 3.59. The van der Waals surface area contributed by atoms with E-state index in [0.717, 1.165) is 33.9 Å². The lowest BCUT2D eigenvalue weighted by Crippen LogP contribution is -2.27. The average Bonchev–Trinajstić information content (AvgIpc) is 2.43. The van der Waals surface area contributed by atoms with E-state index in [-0.39, 0.29) is 16.2 Å². The first-order chi connectivity index (χ1) is 12.2. The summed E-state index contributed by atoms with van der Waals surface area (Å²) in [7, 11) is 0. The van der Waals surface area contributed by atoms with Gasteiger partial charge in [0.15, 0.2) is 0 Å². The van der Waals surface area contributed by atoms with Gasteiger partial charge in [-0.1, -0.05) is 62.3 Å². The van der Waals surface area contributed by atoms with E-state index in [1.807, 2.05) is 20.8 Å². The van der Waals surface area contributed by atoms with Crippen LogP contribution in [0.25, 0.3) is 0 Å². The molecular weight excluding hydrogens is 336 g/mol. The molecule has 156 valence electrons. The van der Waals surface area contributed by atoms with Gasteiger partial charge in [-0.15, -0.1) is 0 Å². The minimum Gasteiger partial charge on any atom is -0.493 e. The lowest BCUT2D eigenvalue weighted by atomic mass is 9.73. The van der Waals surface area contributed by atoms with Crippen molar-refractivity contribution in [3.05, 3.63) is 16.7 Å². The fourth-order valence-electron chi connectivity index (χ4n) is 3.59. The second kappa shape index (κ2) is 8.32. The minimum atomic E-state index is -0.125. The minimum absolute atomic E-state index is 0.125. The first-order valence-electron chi connectivity index (χ1n) is 10.3. The highest BCUT2D eigenvalue weighted by Gasteiger charge is 2.39. The van der Waals surface area contributed by atoms with Crippen molar-refractivity contribution >= 4 is 0 Å². The Bertz CT molecular complexity index is 526. The molecule has 0 heterocycles. The summed E-state index contributed by atoms with van der Waals surface area (Å²) < 4.78 is 18.9. The predicted octanol–water partition coefficient (Wildman–Crippen LogP) is 6.78. The summed E-state index contributed by atoms with van der Waals surface area (Å²) in [4.78, 5) is 0. The van der Waals surface area contributed by atoms with Crippen LogP contribution in [0.15, 0.2) is 0 Å². The van der Waals surface area contributed by atoms with Gasteiger partial charge < -0.3 is 14.2 Å². The molecule has 0 bridgehead atoms. The molecule has 0 spiro atoms. The SMILES string of the molecule is CCOc1c(C(C)(C)C)c(OCC)c(C(C)(C)C)c(OCC)c1C(C)(C)C. The second-order valence-corrected chi connectivity index (χ2v) is 10.2. The highest BCUT2D eigenvalue weighted by molar-refractivity contribution is 5.68. The largest absolute Gasteiger partial charge is 0.493 e. The quantitative estimate of drug-likeness (QED) is 0.546. The summed E-state index contributed by atoms with van der Waals surface area (Å²) in [6.45, 7) is 28.0. The molecular formula is C24H42O3. The van der Waals surface area contributed by atoms with Crippen molar-refractivity contribution in [1.82, 2.24) is 0 Å². The molecule has 0 aliphatic rings. The molecule has 0 aromatic heterocycles. The van der Waals surface area contributed by atoms with Crippen molar-refractivity contribution in [3.63, 3.8) is 0 Å². The van der Waals surface area contributed by atoms with E-state index in [2.05, 4.69) is 62.3 Å². The Labute approximate surface area is 167 Å². The number of rotatable bonds is 6. The second-order valence-electron chi connectivity index (χ2n) is 10.2. The standard InChI is InChI=1S/C24H42O3/c1-13-25-19-16(22(4,5)6)20(26-14-2)18(24(10,11)12)21(27-15-3)17(19)23(7,8)9/h13-15H2,1-12H3. The number of hydrogen-bond acceptors (Lipinski definition) is 3. The summed E-state index contributed by atoms with van der Waals surface area (Å²) in [6, 6.07) is 0. The lowest BCUT2D eigenvalue weighted by Gasteiger charge is -2.37. The van der Waals surface area contributed by atoms with Crippen LogP contribution in [0, 0.1) is 0 Å². The van der Waals surface area contributed by atoms with Gasteiger partial charge >= 0.3 is 0 Å². The maximum absolute atomic E-state index is 6.30. The molecule has 0 N–H and O–H groups in total.